The SMILES string of the molecule is O=C(O[C@@H]1CCCC[C@@H]1O)c1ccccc1. The molecule has 0 saturated heterocycles. The molecule has 1 aliphatic rings. The molecular formula is C13H16O3. The summed E-state index contributed by atoms with van der Waals surface area (Å²) in [7, 11) is 0. The van der Waals surface area contributed by atoms with Crippen molar-refractivity contribution >= 4 is 5.97 Å². The van der Waals surface area contributed by atoms with E-state index in [1.54, 1.807) is 24.3 Å². The van der Waals surface area contributed by atoms with Gasteiger partial charge in [-0.1, -0.05) is 24.6 Å². The second kappa shape index (κ2) is 5.12. The first-order valence-electron chi connectivity index (χ1n) is 5.71. The summed E-state index contributed by atoms with van der Waals surface area (Å²) in [4.78, 5) is 11.7. The third-order valence-corrected chi connectivity index (χ3v) is 2.94. The van der Waals surface area contributed by atoms with E-state index < -0.39 is 6.10 Å². The van der Waals surface area contributed by atoms with Gasteiger partial charge in [-0.25, -0.2) is 4.79 Å². The topological polar surface area (TPSA) is 46.5 Å². The van der Waals surface area contributed by atoms with Gasteiger partial charge in [-0.3, -0.25) is 0 Å². The van der Waals surface area contributed by atoms with Crippen LogP contribution in [-0.4, -0.2) is 23.3 Å². The van der Waals surface area contributed by atoms with E-state index in [4.69, 9.17) is 4.74 Å². The third-order valence-electron chi connectivity index (χ3n) is 2.94. The van der Waals surface area contributed by atoms with Gasteiger partial charge in [0.15, 0.2) is 0 Å². The van der Waals surface area contributed by atoms with E-state index in [1.165, 1.54) is 0 Å². The summed E-state index contributed by atoms with van der Waals surface area (Å²) in [5, 5.41) is 9.69. The molecule has 0 spiro atoms. The molecular weight excluding hydrogens is 204 g/mol. The van der Waals surface area contributed by atoms with Crippen LogP contribution >= 0.6 is 0 Å². The number of aliphatic hydroxyl groups is 1. The van der Waals surface area contributed by atoms with Crippen LogP contribution in [0, 0.1) is 0 Å². The third kappa shape index (κ3) is 2.61. The van der Waals surface area contributed by atoms with Crippen LogP contribution < -0.4 is 0 Å². The average molecular weight is 220 g/mol. The molecule has 1 N–H and O–H groups in total. The summed E-state index contributed by atoms with van der Waals surface area (Å²) in [6.07, 6.45) is 2.69. The molecule has 3 nitrogen and oxygen atoms in total. The van der Waals surface area contributed by atoms with Gasteiger partial charge in [0, 0.05) is 0 Å². The van der Waals surface area contributed by atoms with E-state index in [2.05, 4.69) is 0 Å². The maximum Gasteiger partial charge on any atom is 0.338 e. The number of carbonyl (C=O) groups is 1. The van der Waals surface area contributed by atoms with Gasteiger partial charge in [0.25, 0.3) is 0 Å². The molecule has 0 radical (unpaired) electrons. The molecule has 1 fully saturated rings. The van der Waals surface area contributed by atoms with Gasteiger partial charge >= 0.3 is 5.97 Å². The largest absolute Gasteiger partial charge is 0.456 e. The molecule has 0 heterocycles. The molecule has 1 aliphatic carbocycles. The number of rotatable bonds is 2. The Labute approximate surface area is 95.0 Å². The number of aliphatic hydroxyl groups excluding tert-OH is 1. The molecule has 0 aliphatic heterocycles. The fourth-order valence-corrected chi connectivity index (χ4v) is 1.99. The maximum atomic E-state index is 11.7. The van der Waals surface area contributed by atoms with E-state index in [0.717, 1.165) is 25.7 Å². The fraction of sp³-hybridized carbons (Fsp3) is 0.462. The summed E-state index contributed by atoms with van der Waals surface area (Å²) < 4.78 is 5.30. The Morgan fingerprint density at radius 2 is 1.88 bits per heavy atom. The van der Waals surface area contributed by atoms with Crippen molar-refractivity contribution in [2.24, 2.45) is 0 Å². The van der Waals surface area contributed by atoms with E-state index in [9.17, 15) is 9.90 Å². The Bertz CT molecular complexity index is 347. The van der Waals surface area contributed by atoms with Crippen LogP contribution in [0.1, 0.15) is 36.0 Å². The minimum Gasteiger partial charge on any atom is -0.456 e. The lowest BCUT2D eigenvalue weighted by Gasteiger charge is -2.27. The summed E-state index contributed by atoms with van der Waals surface area (Å²) in [5.74, 6) is -0.341. The normalized spacial score (nSPS) is 25.1. The molecule has 1 aromatic carbocycles. The van der Waals surface area contributed by atoms with Crippen molar-refractivity contribution in [3.63, 3.8) is 0 Å². The summed E-state index contributed by atoms with van der Waals surface area (Å²) in [6.45, 7) is 0. The zero-order valence-electron chi connectivity index (χ0n) is 9.13. The van der Waals surface area contributed by atoms with E-state index >= 15 is 0 Å². The Balaban J connectivity index is 1.96. The molecule has 3 heteroatoms. The van der Waals surface area contributed by atoms with Crippen molar-refractivity contribution in [2.45, 2.75) is 37.9 Å². The molecule has 16 heavy (non-hydrogen) atoms. The first kappa shape index (κ1) is 11.1. The maximum absolute atomic E-state index is 11.7. The lowest BCUT2D eigenvalue weighted by atomic mass is 9.95. The lowest BCUT2D eigenvalue weighted by Crippen LogP contribution is -2.34. The number of hydrogen-bond acceptors (Lipinski definition) is 3. The first-order chi connectivity index (χ1) is 7.77. The number of ether oxygens (including phenoxy) is 1. The highest BCUT2D eigenvalue weighted by molar-refractivity contribution is 5.89. The molecule has 1 aromatic rings. The molecule has 0 unspecified atom stereocenters. The quantitative estimate of drug-likeness (QED) is 0.777. The number of carbonyl (C=O) groups excluding carboxylic acids is 1. The first-order valence-corrected chi connectivity index (χ1v) is 5.71. The van der Waals surface area contributed by atoms with Crippen molar-refractivity contribution in [1.29, 1.82) is 0 Å². The van der Waals surface area contributed by atoms with Gasteiger partial charge in [0.2, 0.25) is 0 Å². The van der Waals surface area contributed by atoms with Crippen molar-refractivity contribution < 1.29 is 14.6 Å². The standard InChI is InChI=1S/C13H16O3/c14-11-8-4-5-9-12(11)16-13(15)10-6-2-1-3-7-10/h1-3,6-7,11-12,14H,4-5,8-9H2/t11-,12+/m0/s1. The molecule has 0 aromatic heterocycles. The predicted molar refractivity (Wildman–Crippen MR) is 60.1 cm³/mol. The zero-order valence-corrected chi connectivity index (χ0v) is 9.13. The van der Waals surface area contributed by atoms with E-state index in [-0.39, 0.29) is 12.1 Å². The van der Waals surface area contributed by atoms with Crippen LogP contribution in [0.5, 0.6) is 0 Å². The Morgan fingerprint density at radius 1 is 1.19 bits per heavy atom. The van der Waals surface area contributed by atoms with Crippen molar-refractivity contribution in [3.8, 4) is 0 Å². The van der Waals surface area contributed by atoms with Gasteiger partial charge < -0.3 is 9.84 Å². The van der Waals surface area contributed by atoms with Crippen LogP contribution in [0.4, 0.5) is 0 Å². The highest BCUT2D eigenvalue weighted by Crippen LogP contribution is 2.22. The molecule has 86 valence electrons. The Morgan fingerprint density at radius 3 is 2.56 bits per heavy atom. The van der Waals surface area contributed by atoms with Crippen LogP contribution in [0.2, 0.25) is 0 Å². The molecule has 0 amide bonds. The summed E-state index contributed by atoms with van der Waals surface area (Å²) in [5.41, 5.74) is 0.542. The monoisotopic (exact) mass is 220 g/mol. The average Bonchev–Trinajstić information content (AvgIpc) is 2.33. The summed E-state index contributed by atoms with van der Waals surface area (Å²) in [6, 6.07) is 8.89. The van der Waals surface area contributed by atoms with Gasteiger partial charge in [-0.15, -0.1) is 0 Å². The van der Waals surface area contributed by atoms with Crippen LogP contribution in [-0.2, 0) is 4.74 Å². The predicted octanol–water partition coefficient (Wildman–Crippen LogP) is 2.15. The van der Waals surface area contributed by atoms with Crippen LogP contribution in [0.15, 0.2) is 30.3 Å². The zero-order chi connectivity index (χ0) is 11.4. The van der Waals surface area contributed by atoms with Crippen LogP contribution in [0.25, 0.3) is 0 Å². The van der Waals surface area contributed by atoms with Crippen molar-refractivity contribution in [2.75, 3.05) is 0 Å². The van der Waals surface area contributed by atoms with Gasteiger partial charge in [0.05, 0.1) is 11.7 Å². The van der Waals surface area contributed by atoms with E-state index in [0.29, 0.717) is 5.56 Å². The van der Waals surface area contributed by atoms with Crippen molar-refractivity contribution in [3.05, 3.63) is 35.9 Å². The van der Waals surface area contributed by atoms with Crippen molar-refractivity contribution in [1.82, 2.24) is 0 Å². The molecule has 0 bridgehead atoms. The van der Waals surface area contributed by atoms with E-state index in [1.807, 2.05) is 6.07 Å². The Hall–Kier alpha value is -1.35. The number of benzene rings is 1. The highest BCUT2D eigenvalue weighted by atomic mass is 16.6. The van der Waals surface area contributed by atoms with Gasteiger partial charge in [-0.05, 0) is 31.4 Å². The number of esters is 1. The molecule has 2 rings (SSSR count). The molecule has 2 atom stereocenters. The smallest absolute Gasteiger partial charge is 0.338 e. The molecule has 1 saturated carbocycles. The lowest BCUT2D eigenvalue weighted by molar-refractivity contribution is -0.0360. The minimum atomic E-state index is -0.499. The Kier molecular flexibility index (Phi) is 3.57. The number of hydrogen-bond donors (Lipinski definition) is 1. The minimum absolute atomic E-state index is 0.332. The van der Waals surface area contributed by atoms with Crippen LogP contribution in [0.3, 0.4) is 0 Å². The second-order valence-electron chi connectivity index (χ2n) is 4.16. The second-order valence-corrected chi connectivity index (χ2v) is 4.16. The highest BCUT2D eigenvalue weighted by Gasteiger charge is 2.26. The van der Waals surface area contributed by atoms with Gasteiger partial charge in [0.1, 0.15) is 6.10 Å². The van der Waals surface area contributed by atoms with Gasteiger partial charge in [-0.2, -0.15) is 0 Å². The fourth-order valence-electron chi connectivity index (χ4n) is 1.99. The summed E-state index contributed by atoms with van der Waals surface area (Å²) >= 11 is 0.